The van der Waals surface area contributed by atoms with E-state index >= 15 is 0 Å². The van der Waals surface area contributed by atoms with E-state index in [1.54, 1.807) is 12.3 Å². The number of rotatable bonds is 7. The number of hydrogen-bond donors (Lipinski definition) is 1. The lowest BCUT2D eigenvalue weighted by Crippen LogP contribution is -2.47. The molecule has 1 aromatic carbocycles. The molecule has 2 aromatic rings. The first kappa shape index (κ1) is 20.4. The van der Waals surface area contributed by atoms with E-state index in [0.29, 0.717) is 12.1 Å². The number of aliphatic imine (C=N–C) groups is 1. The molecule has 0 bridgehead atoms. The fraction of sp³-hybridized carbons (Fsp3) is 0.368. The summed E-state index contributed by atoms with van der Waals surface area (Å²) in [5.74, 6) is -0.123. The van der Waals surface area contributed by atoms with Crippen molar-refractivity contribution in [3.8, 4) is 17.0 Å². The quantitative estimate of drug-likeness (QED) is 0.576. The summed E-state index contributed by atoms with van der Waals surface area (Å²) in [5.41, 5.74) is 0.134. The van der Waals surface area contributed by atoms with Crippen LogP contribution in [0.15, 0.2) is 35.5 Å². The van der Waals surface area contributed by atoms with Gasteiger partial charge in [0.2, 0.25) is 0 Å². The molecule has 0 spiro atoms. The Kier molecular flexibility index (Phi) is 6.09. The number of aliphatic hydroxyl groups is 1. The zero-order chi connectivity index (χ0) is 19.5. The second kappa shape index (κ2) is 7.77. The van der Waals surface area contributed by atoms with Crippen molar-refractivity contribution in [1.82, 2.24) is 4.98 Å². The summed E-state index contributed by atoms with van der Waals surface area (Å²) < 4.78 is 33.2. The first-order valence-electron chi connectivity index (χ1n) is 8.24. The van der Waals surface area contributed by atoms with Gasteiger partial charge in [0, 0.05) is 11.8 Å². The third kappa shape index (κ3) is 4.25. The molecule has 4 nitrogen and oxygen atoms in total. The SMILES string of the molecule is C=Nc1c(OC(F)(F)C(C)(C)O)ccc(-c2ccc(P)cn2)c1CCC. The minimum Gasteiger partial charge on any atom is -0.428 e. The van der Waals surface area contributed by atoms with E-state index in [-0.39, 0.29) is 11.4 Å². The normalized spacial score (nSPS) is 12.1. The van der Waals surface area contributed by atoms with E-state index in [1.807, 2.05) is 19.1 Å². The third-order valence-corrected chi connectivity index (χ3v) is 4.26. The molecule has 26 heavy (non-hydrogen) atoms. The molecule has 0 aliphatic carbocycles. The van der Waals surface area contributed by atoms with Gasteiger partial charge in [0.15, 0.2) is 11.4 Å². The van der Waals surface area contributed by atoms with Gasteiger partial charge in [0.25, 0.3) is 0 Å². The van der Waals surface area contributed by atoms with E-state index < -0.39 is 11.7 Å². The average Bonchev–Trinajstić information content (AvgIpc) is 2.55. The molecule has 140 valence electrons. The zero-order valence-corrected chi connectivity index (χ0v) is 16.2. The molecule has 1 N–H and O–H groups in total. The lowest BCUT2D eigenvalue weighted by atomic mass is 9.97. The summed E-state index contributed by atoms with van der Waals surface area (Å²) in [6.07, 6.45) is -0.692. The van der Waals surface area contributed by atoms with Crippen molar-refractivity contribution >= 4 is 26.9 Å². The summed E-state index contributed by atoms with van der Waals surface area (Å²) >= 11 is 0. The van der Waals surface area contributed by atoms with Gasteiger partial charge in [0.1, 0.15) is 5.69 Å². The Morgan fingerprint density at radius 2 is 1.96 bits per heavy atom. The number of pyridine rings is 1. The van der Waals surface area contributed by atoms with Crippen molar-refractivity contribution in [2.24, 2.45) is 4.99 Å². The van der Waals surface area contributed by atoms with Crippen LogP contribution in [0.5, 0.6) is 5.75 Å². The summed E-state index contributed by atoms with van der Waals surface area (Å²) in [5, 5.41) is 10.6. The van der Waals surface area contributed by atoms with Crippen LogP contribution in [-0.4, -0.2) is 28.5 Å². The van der Waals surface area contributed by atoms with Crippen LogP contribution in [0, 0.1) is 0 Å². The van der Waals surface area contributed by atoms with Gasteiger partial charge in [-0.25, -0.2) is 0 Å². The van der Waals surface area contributed by atoms with Crippen LogP contribution < -0.4 is 10.0 Å². The second-order valence-corrected chi connectivity index (χ2v) is 7.17. The van der Waals surface area contributed by atoms with Crippen LogP contribution in [0.25, 0.3) is 11.3 Å². The molecule has 1 aromatic heterocycles. The summed E-state index contributed by atoms with van der Waals surface area (Å²) in [6, 6.07) is 6.85. The van der Waals surface area contributed by atoms with Crippen LogP contribution in [0.1, 0.15) is 32.8 Å². The van der Waals surface area contributed by atoms with E-state index in [1.165, 1.54) is 6.07 Å². The van der Waals surface area contributed by atoms with Crippen LogP contribution in [-0.2, 0) is 6.42 Å². The Hall–Kier alpha value is -1.91. The van der Waals surface area contributed by atoms with Gasteiger partial charge < -0.3 is 9.84 Å². The topological polar surface area (TPSA) is 54.7 Å². The maximum Gasteiger partial charge on any atom is 0.426 e. The first-order chi connectivity index (χ1) is 12.1. The molecule has 1 heterocycles. The minimum atomic E-state index is -3.78. The fourth-order valence-electron chi connectivity index (χ4n) is 2.44. The number of alkyl halides is 2. The highest BCUT2D eigenvalue weighted by Crippen LogP contribution is 2.42. The summed E-state index contributed by atoms with van der Waals surface area (Å²) in [6.45, 7) is 7.47. The number of hydrogen-bond acceptors (Lipinski definition) is 4. The van der Waals surface area contributed by atoms with Gasteiger partial charge in [-0.15, -0.1) is 9.24 Å². The molecule has 0 aliphatic rings. The predicted molar refractivity (Wildman–Crippen MR) is 104 cm³/mol. The summed E-state index contributed by atoms with van der Waals surface area (Å²) in [4.78, 5) is 8.34. The van der Waals surface area contributed by atoms with Crippen LogP contribution in [0.4, 0.5) is 14.5 Å². The zero-order valence-electron chi connectivity index (χ0n) is 15.1. The smallest absolute Gasteiger partial charge is 0.426 e. The Morgan fingerprint density at radius 3 is 2.46 bits per heavy atom. The van der Waals surface area contributed by atoms with Crippen molar-refractivity contribution in [1.29, 1.82) is 0 Å². The van der Waals surface area contributed by atoms with Crippen molar-refractivity contribution in [3.63, 3.8) is 0 Å². The van der Waals surface area contributed by atoms with E-state index in [4.69, 9.17) is 4.74 Å². The van der Waals surface area contributed by atoms with Gasteiger partial charge in [-0.2, -0.15) is 8.78 Å². The average molecular weight is 380 g/mol. The van der Waals surface area contributed by atoms with Crippen molar-refractivity contribution in [2.45, 2.75) is 45.3 Å². The lowest BCUT2D eigenvalue weighted by molar-refractivity contribution is -0.276. The monoisotopic (exact) mass is 380 g/mol. The lowest BCUT2D eigenvalue weighted by Gasteiger charge is -2.29. The molecular weight excluding hydrogens is 357 g/mol. The Labute approximate surface area is 154 Å². The number of ether oxygens (including phenoxy) is 1. The molecule has 1 atom stereocenters. The molecule has 2 rings (SSSR count). The molecule has 1 unspecified atom stereocenters. The van der Waals surface area contributed by atoms with Crippen molar-refractivity contribution in [3.05, 3.63) is 36.0 Å². The molecule has 0 aliphatic heterocycles. The second-order valence-electron chi connectivity index (χ2n) is 6.50. The highest BCUT2D eigenvalue weighted by Gasteiger charge is 2.49. The number of halogens is 2. The molecule has 0 radical (unpaired) electrons. The number of nitrogens with zero attached hydrogens (tertiary/aromatic N) is 2. The molecule has 0 saturated heterocycles. The highest BCUT2D eigenvalue weighted by molar-refractivity contribution is 7.27. The number of benzene rings is 1. The van der Waals surface area contributed by atoms with Gasteiger partial charge in [0.05, 0.1) is 5.69 Å². The van der Waals surface area contributed by atoms with Gasteiger partial charge in [-0.05, 0) is 56.1 Å². The van der Waals surface area contributed by atoms with Crippen molar-refractivity contribution < 1.29 is 18.6 Å². The summed E-state index contributed by atoms with van der Waals surface area (Å²) in [7, 11) is 2.56. The molecular formula is C19H23F2N2O2P. The van der Waals surface area contributed by atoms with Crippen LogP contribution in [0.3, 0.4) is 0 Å². The maximum atomic E-state index is 14.2. The van der Waals surface area contributed by atoms with Crippen LogP contribution >= 0.6 is 9.24 Å². The molecule has 0 fully saturated rings. The van der Waals surface area contributed by atoms with Gasteiger partial charge in [-0.1, -0.05) is 19.4 Å². The molecule has 7 heteroatoms. The number of aromatic nitrogens is 1. The first-order valence-corrected chi connectivity index (χ1v) is 8.82. The standard InChI is InChI=1S/C19H23F2N2O2P/c1-5-6-14-13(15-9-7-12(26)11-23-15)8-10-16(17(14)22-4)25-19(20,21)18(2,3)24/h7-11,24H,4-6,26H2,1-3H3. The van der Waals surface area contributed by atoms with E-state index in [9.17, 15) is 13.9 Å². The molecule has 0 amide bonds. The van der Waals surface area contributed by atoms with Gasteiger partial charge in [-0.3, -0.25) is 9.98 Å². The Bertz CT molecular complexity index is 787. The molecule has 0 saturated carbocycles. The largest absolute Gasteiger partial charge is 0.428 e. The van der Waals surface area contributed by atoms with Gasteiger partial charge >= 0.3 is 6.11 Å². The highest BCUT2D eigenvalue weighted by atomic mass is 31.0. The van der Waals surface area contributed by atoms with Crippen molar-refractivity contribution in [2.75, 3.05) is 0 Å². The fourth-order valence-corrected chi connectivity index (χ4v) is 2.61. The van der Waals surface area contributed by atoms with Crippen LogP contribution in [0.2, 0.25) is 0 Å². The predicted octanol–water partition coefficient (Wildman–Crippen LogP) is 4.28. The minimum absolute atomic E-state index is 0.123. The Balaban J connectivity index is 2.58. The Morgan fingerprint density at radius 1 is 1.27 bits per heavy atom. The third-order valence-electron chi connectivity index (χ3n) is 3.92. The maximum absolute atomic E-state index is 14.2. The van der Waals surface area contributed by atoms with E-state index in [2.05, 4.69) is 25.9 Å². The van der Waals surface area contributed by atoms with E-state index in [0.717, 1.165) is 36.7 Å².